The van der Waals surface area contributed by atoms with Gasteiger partial charge in [-0.3, -0.25) is 0 Å². The van der Waals surface area contributed by atoms with Crippen molar-refractivity contribution in [3.63, 3.8) is 0 Å². The molecule has 0 rings (SSSR count). The number of hydrogen-bond acceptors (Lipinski definition) is 1. The van der Waals surface area contributed by atoms with Gasteiger partial charge in [-0.1, -0.05) is 23.2 Å². The minimum Gasteiger partial charge on any atom is -0.304 e. The van der Waals surface area contributed by atoms with E-state index in [-0.39, 0.29) is 0 Å². The Balaban J connectivity index is 0. The van der Waals surface area contributed by atoms with Crippen molar-refractivity contribution in [1.82, 2.24) is 5.09 Å². The standard InChI is InChI=1S/C2H6.CH6NP/c1-2;1-2-3/h1-2H3;2H,3H2,1H3. The molecule has 5 heavy (non-hydrogen) atoms. The van der Waals surface area contributed by atoms with Gasteiger partial charge in [-0.15, -0.1) is 0 Å². The van der Waals surface area contributed by atoms with E-state index in [2.05, 4.69) is 14.5 Å². The molecule has 1 unspecified atom stereocenters. The summed E-state index contributed by atoms with van der Waals surface area (Å²) in [6.45, 7) is 4.00. The van der Waals surface area contributed by atoms with Gasteiger partial charge in [0, 0.05) is 0 Å². The molecule has 1 atom stereocenters. The van der Waals surface area contributed by atoms with Crippen LogP contribution in [-0.4, -0.2) is 7.05 Å². The highest BCUT2D eigenvalue weighted by Crippen LogP contribution is 1.49. The van der Waals surface area contributed by atoms with Crippen molar-refractivity contribution in [2.24, 2.45) is 0 Å². The maximum atomic E-state index is 2.67. The lowest BCUT2D eigenvalue weighted by Gasteiger charge is -1.59. The SMILES string of the molecule is CC.CNP. The third-order valence-corrected chi connectivity index (χ3v) is 0. The largest absolute Gasteiger partial charge is 0.304 e. The zero-order valence-electron chi connectivity index (χ0n) is 4.08. The summed E-state index contributed by atoms with van der Waals surface area (Å²) in [5, 5.41) is 2.67. The Morgan fingerprint density at radius 1 is 1.40 bits per heavy atom. The molecule has 0 spiro atoms. The molecule has 0 aliphatic heterocycles. The Morgan fingerprint density at radius 3 is 1.40 bits per heavy atom. The van der Waals surface area contributed by atoms with Gasteiger partial charge >= 0.3 is 0 Å². The minimum absolute atomic E-state index is 1.84. The van der Waals surface area contributed by atoms with Crippen molar-refractivity contribution in [2.75, 3.05) is 7.05 Å². The maximum absolute atomic E-state index is 2.67. The van der Waals surface area contributed by atoms with Crippen LogP contribution in [0.15, 0.2) is 0 Å². The van der Waals surface area contributed by atoms with Crippen molar-refractivity contribution in [2.45, 2.75) is 13.8 Å². The van der Waals surface area contributed by atoms with Gasteiger partial charge in [0.25, 0.3) is 0 Å². The highest BCUT2D eigenvalue weighted by Gasteiger charge is 1.25. The van der Waals surface area contributed by atoms with Crippen LogP contribution >= 0.6 is 9.39 Å². The van der Waals surface area contributed by atoms with E-state index in [4.69, 9.17) is 0 Å². The Labute approximate surface area is 36.4 Å². The maximum Gasteiger partial charge on any atom is -0.0130 e. The van der Waals surface area contributed by atoms with E-state index in [1.807, 2.05) is 20.9 Å². The van der Waals surface area contributed by atoms with E-state index in [1.54, 1.807) is 0 Å². The Kier molecular flexibility index (Phi) is 47.2. The fourth-order valence-corrected chi connectivity index (χ4v) is 0. The molecule has 1 nitrogen and oxygen atoms in total. The predicted octanol–water partition coefficient (Wildman–Crippen LogP) is 1.02. The minimum atomic E-state index is 1.84. The average Bonchev–Trinajstić information content (AvgIpc) is 1.46. The van der Waals surface area contributed by atoms with Gasteiger partial charge in [0.15, 0.2) is 0 Å². The summed E-state index contributed by atoms with van der Waals surface area (Å²) in [6, 6.07) is 0. The molecule has 2 heteroatoms. The van der Waals surface area contributed by atoms with Crippen LogP contribution in [0.2, 0.25) is 0 Å². The first kappa shape index (κ1) is 9.04. The van der Waals surface area contributed by atoms with Crippen molar-refractivity contribution in [3.05, 3.63) is 0 Å². The van der Waals surface area contributed by atoms with E-state index in [0.717, 1.165) is 0 Å². The fraction of sp³-hybridized carbons (Fsp3) is 1.00. The summed E-state index contributed by atoms with van der Waals surface area (Å²) >= 11 is 0. The lowest BCUT2D eigenvalue weighted by molar-refractivity contribution is 1.30. The van der Waals surface area contributed by atoms with Crippen molar-refractivity contribution < 1.29 is 0 Å². The smallest absolute Gasteiger partial charge is 0.0130 e. The van der Waals surface area contributed by atoms with Gasteiger partial charge < -0.3 is 5.09 Å². The van der Waals surface area contributed by atoms with E-state index in [9.17, 15) is 0 Å². The van der Waals surface area contributed by atoms with E-state index < -0.39 is 0 Å². The third kappa shape index (κ3) is 165. The van der Waals surface area contributed by atoms with Gasteiger partial charge in [0.2, 0.25) is 0 Å². The van der Waals surface area contributed by atoms with Crippen LogP contribution in [0.4, 0.5) is 0 Å². The van der Waals surface area contributed by atoms with Gasteiger partial charge in [-0.2, -0.15) is 0 Å². The molecule has 0 aliphatic rings. The molecule has 0 radical (unpaired) electrons. The van der Waals surface area contributed by atoms with Crippen LogP contribution in [0, 0.1) is 0 Å². The van der Waals surface area contributed by atoms with Gasteiger partial charge in [-0.25, -0.2) is 0 Å². The molecule has 0 saturated carbocycles. The van der Waals surface area contributed by atoms with Crippen LogP contribution in [0.5, 0.6) is 0 Å². The zero-order valence-corrected chi connectivity index (χ0v) is 5.23. The van der Waals surface area contributed by atoms with Gasteiger partial charge in [0.05, 0.1) is 0 Å². The van der Waals surface area contributed by atoms with Gasteiger partial charge in [-0.05, 0) is 7.05 Å². The summed E-state index contributed by atoms with van der Waals surface area (Å²) in [6.07, 6.45) is 0. The Bertz CT molecular complexity index is 6.85. The van der Waals surface area contributed by atoms with Crippen LogP contribution in [0.3, 0.4) is 0 Å². The molecular weight excluding hydrogens is 81.0 g/mol. The van der Waals surface area contributed by atoms with Crippen LogP contribution in [0.1, 0.15) is 13.8 Å². The summed E-state index contributed by atoms with van der Waals surface area (Å²) in [7, 11) is 4.17. The van der Waals surface area contributed by atoms with E-state index in [1.165, 1.54) is 0 Å². The lowest BCUT2D eigenvalue weighted by Crippen LogP contribution is -1.74. The normalized spacial score (nSPS) is 4.80. The molecule has 0 aliphatic carbocycles. The molecule has 0 saturated heterocycles. The molecule has 0 heterocycles. The molecule has 0 aromatic carbocycles. The number of hydrogen-bond donors (Lipinski definition) is 1. The number of rotatable bonds is 0. The molecule has 0 bridgehead atoms. The highest BCUT2D eigenvalue weighted by molar-refractivity contribution is 7.13. The number of nitrogens with one attached hydrogen (secondary N) is 1. The average molecular weight is 93.1 g/mol. The second kappa shape index (κ2) is 26.1. The van der Waals surface area contributed by atoms with Crippen LogP contribution in [-0.2, 0) is 0 Å². The molecular formula is C3H12NP. The first-order valence-electron chi connectivity index (χ1n) is 1.79. The molecule has 34 valence electrons. The summed E-state index contributed by atoms with van der Waals surface area (Å²) < 4.78 is 0. The van der Waals surface area contributed by atoms with Crippen molar-refractivity contribution in [1.29, 1.82) is 0 Å². The molecule has 0 amide bonds. The van der Waals surface area contributed by atoms with Crippen molar-refractivity contribution >= 4 is 9.39 Å². The highest BCUT2D eigenvalue weighted by atomic mass is 31.0. The summed E-state index contributed by atoms with van der Waals surface area (Å²) in [5.41, 5.74) is 0. The van der Waals surface area contributed by atoms with Crippen LogP contribution in [0.25, 0.3) is 0 Å². The Hall–Kier alpha value is 0.390. The molecule has 0 aromatic rings. The monoisotopic (exact) mass is 93.1 g/mol. The van der Waals surface area contributed by atoms with E-state index >= 15 is 0 Å². The predicted molar refractivity (Wildman–Crippen MR) is 30.1 cm³/mol. The topological polar surface area (TPSA) is 12.0 Å². The van der Waals surface area contributed by atoms with Crippen molar-refractivity contribution in [3.8, 4) is 0 Å². The first-order valence-corrected chi connectivity index (χ1v) is 2.37. The zero-order chi connectivity index (χ0) is 4.71. The van der Waals surface area contributed by atoms with E-state index in [0.29, 0.717) is 0 Å². The van der Waals surface area contributed by atoms with Gasteiger partial charge in [0.1, 0.15) is 0 Å². The lowest BCUT2D eigenvalue weighted by atomic mass is 11.0. The molecule has 0 aromatic heterocycles. The quantitative estimate of drug-likeness (QED) is 0.441. The summed E-state index contributed by atoms with van der Waals surface area (Å²) in [4.78, 5) is 0. The first-order chi connectivity index (χ1) is 2.41. The fourth-order valence-electron chi connectivity index (χ4n) is 0. The third-order valence-electron chi connectivity index (χ3n) is 0. The Morgan fingerprint density at radius 2 is 1.40 bits per heavy atom. The summed E-state index contributed by atoms with van der Waals surface area (Å²) in [5.74, 6) is 0. The second-order valence-corrected chi connectivity index (χ2v) is 0.866. The van der Waals surface area contributed by atoms with Crippen LogP contribution < -0.4 is 5.09 Å². The second-order valence-electron chi connectivity index (χ2n) is 0.289. The molecule has 0 fully saturated rings. The molecule has 1 N–H and O–H groups in total.